The number of carbonyl (C=O) groups is 1. The third-order valence-electron chi connectivity index (χ3n) is 5.53. The maximum absolute atomic E-state index is 12.8. The van der Waals surface area contributed by atoms with Gasteiger partial charge in [-0.15, -0.1) is 11.3 Å². The van der Waals surface area contributed by atoms with Gasteiger partial charge in [0.1, 0.15) is 6.04 Å². The van der Waals surface area contributed by atoms with Gasteiger partial charge in [0.2, 0.25) is 15.9 Å². The number of benzene rings is 2. The first kappa shape index (κ1) is 21.9. The van der Waals surface area contributed by atoms with Gasteiger partial charge in [0.05, 0.1) is 21.0 Å². The molecule has 1 aromatic heterocycles. The molecule has 2 heterocycles. The second-order valence-electron chi connectivity index (χ2n) is 7.88. The third-order valence-corrected chi connectivity index (χ3v) is 8.53. The Labute approximate surface area is 187 Å². The summed E-state index contributed by atoms with van der Waals surface area (Å²) in [6.45, 7) is 2.38. The molecular weight excluding hydrogens is 430 g/mol. The van der Waals surface area contributed by atoms with Crippen molar-refractivity contribution in [1.82, 2.24) is 9.29 Å². The molecule has 8 heteroatoms. The van der Waals surface area contributed by atoms with E-state index in [9.17, 15) is 13.2 Å². The summed E-state index contributed by atoms with van der Waals surface area (Å²) >= 11 is 1.69. The molecule has 1 N–H and O–H groups in total. The highest BCUT2D eigenvalue weighted by atomic mass is 32.2. The standard InChI is InChI=1S/C23H27N3O3S2/c1-2-3-15-31(28,29)26-14-6-8-20(26)23(27)24-18-12-10-17(11-13-18)16-22-25-19-7-4-5-9-21(19)30-22/h4-5,7,9-13,20H,2-3,6,8,14-16H2,1H3,(H,24,27). The summed E-state index contributed by atoms with van der Waals surface area (Å²) in [5.74, 6) is -0.148. The van der Waals surface area contributed by atoms with Crippen LogP contribution in [-0.2, 0) is 21.2 Å². The molecular formula is C23H27N3O3S2. The maximum atomic E-state index is 12.8. The van der Waals surface area contributed by atoms with Gasteiger partial charge in [-0.2, -0.15) is 4.31 Å². The van der Waals surface area contributed by atoms with E-state index in [0.717, 1.165) is 28.9 Å². The highest BCUT2D eigenvalue weighted by Crippen LogP contribution is 2.25. The number of aromatic nitrogens is 1. The van der Waals surface area contributed by atoms with Gasteiger partial charge in [-0.3, -0.25) is 4.79 Å². The molecule has 1 atom stereocenters. The number of thiazole rings is 1. The molecule has 2 aromatic carbocycles. The minimum atomic E-state index is -3.39. The van der Waals surface area contributed by atoms with Crippen LogP contribution >= 0.6 is 11.3 Å². The molecule has 31 heavy (non-hydrogen) atoms. The molecule has 1 aliphatic heterocycles. The number of rotatable bonds is 8. The molecule has 1 fully saturated rings. The highest BCUT2D eigenvalue weighted by molar-refractivity contribution is 7.89. The van der Waals surface area contributed by atoms with Crippen LogP contribution in [0.1, 0.15) is 43.2 Å². The Kier molecular flexibility index (Phi) is 6.69. The Hall–Kier alpha value is -2.29. The summed E-state index contributed by atoms with van der Waals surface area (Å²) < 4.78 is 27.7. The first-order valence-electron chi connectivity index (χ1n) is 10.7. The second kappa shape index (κ2) is 9.46. The van der Waals surface area contributed by atoms with Crippen LogP contribution in [-0.4, -0.2) is 42.0 Å². The lowest BCUT2D eigenvalue weighted by Crippen LogP contribution is -2.44. The average molecular weight is 458 g/mol. The van der Waals surface area contributed by atoms with E-state index in [-0.39, 0.29) is 11.7 Å². The van der Waals surface area contributed by atoms with Crippen molar-refractivity contribution in [3.8, 4) is 0 Å². The van der Waals surface area contributed by atoms with Crippen LogP contribution in [0.15, 0.2) is 48.5 Å². The Morgan fingerprint density at radius 2 is 1.97 bits per heavy atom. The van der Waals surface area contributed by atoms with Crippen molar-refractivity contribution in [3.63, 3.8) is 0 Å². The van der Waals surface area contributed by atoms with Crippen LogP contribution in [0.3, 0.4) is 0 Å². The van der Waals surface area contributed by atoms with Crippen LogP contribution in [0.4, 0.5) is 5.69 Å². The predicted octanol–water partition coefficient (Wildman–Crippen LogP) is 4.42. The van der Waals surface area contributed by atoms with Gasteiger partial charge in [0.25, 0.3) is 0 Å². The molecule has 0 saturated carbocycles. The summed E-state index contributed by atoms with van der Waals surface area (Å²) in [7, 11) is -3.39. The zero-order valence-corrected chi connectivity index (χ0v) is 19.2. The number of fused-ring (bicyclic) bond motifs is 1. The number of hydrogen-bond acceptors (Lipinski definition) is 5. The van der Waals surface area contributed by atoms with Crippen molar-refractivity contribution < 1.29 is 13.2 Å². The summed E-state index contributed by atoms with van der Waals surface area (Å²) in [6.07, 6.45) is 3.44. The van der Waals surface area contributed by atoms with Crippen molar-refractivity contribution in [1.29, 1.82) is 0 Å². The Bertz CT molecular complexity index is 1120. The number of para-hydroxylation sites is 1. The predicted molar refractivity (Wildman–Crippen MR) is 126 cm³/mol. The molecule has 1 aliphatic rings. The second-order valence-corrected chi connectivity index (χ2v) is 11.0. The summed E-state index contributed by atoms with van der Waals surface area (Å²) in [4.78, 5) is 17.5. The quantitative estimate of drug-likeness (QED) is 0.543. The number of anilines is 1. The van der Waals surface area contributed by atoms with Gasteiger partial charge < -0.3 is 5.32 Å². The number of amides is 1. The lowest BCUT2D eigenvalue weighted by Gasteiger charge is -2.23. The van der Waals surface area contributed by atoms with Crippen molar-refractivity contribution >= 4 is 43.2 Å². The van der Waals surface area contributed by atoms with E-state index in [1.54, 1.807) is 11.3 Å². The van der Waals surface area contributed by atoms with E-state index in [0.29, 0.717) is 31.5 Å². The van der Waals surface area contributed by atoms with Crippen molar-refractivity contribution in [2.24, 2.45) is 0 Å². The number of hydrogen-bond donors (Lipinski definition) is 1. The van der Waals surface area contributed by atoms with Crippen LogP contribution < -0.4 is 5.32 Å². The fourth-order valence-electron chi connectivity index (χ4n) is 3.88. The van der Waals surface area contributed by atoms with Crippen molar-refractivity contribution in [2.45, 2.75) is 45.1 Å². The van der Waals surface area contributed by atoms with Gasteiger partial charge in [-0.25, -0.2) is 13.4 Å². The molecule has 6 nitrogen and oxygen atoms in total. The summed E-state index contributed by atoms with van der Waals surface area (Å²) in [5, 5.41) is 3.95. The first-order valence-corrected chi connectivity index (χ1v) is 13.1. The van der Waals surface area contributed by atoms with E-state index in [1.165, 1.54) is 9.01 Å². The maximum Gasteiger partial charge on any atom is 0.242 e. The molecule has 0 radical (unpaired) electrons. The molecule has 1 saturated heterocycles. The fraction of sp³-hybridized carbons (Fsp3) is 0.391. The van der Waals surface area contributed by atoms with Gasteiger partial charge in [0.15, 0.2) is 0 Å². The zero-order chi connectivity index (χ0) is 21.8. The van der Waals surface area contributed by atoms with E-state index in [4.69, 9.17) is 0 Å². The summed E-state index contributed by atoms with van der Waals surface area (Å²) in [6, 6.07) is 15.2. The average Bonchev–Trinajstić information content (AvgIpc) is 3.41. The fourth-order valence-corrected chi connectivity index (χ4v) is 6.77. The molecule has 3 aromatic rings. The van der Waals surface area contributed by atoms with E-state index in [1.807, 2.05) is 49.4 Å². The molecule has 164 valence electrons. The SMILES string of the molecule is CCCCS(=O)(=O)N1CCCC1C(=O)Nc1ccc(Cc2nc3ccccc3s2)cc1. The minimum Gasteiger partial charge on any atom is -0.325 e. The number of nitrogens with zero attached hydrogens (tertiary/aromatic N) is 2. The van der Waals surface area contributed by atoms with Crippen LogP contribution in [0.5, 0.6) is 0 Å². The molecule has 0 spiro atoms. The van der Waals surface area contributed by atoms with E-state index >= 15 is 0 Å². The van der Waals surface area contributed by atoms with Crippen molar-refractivity contribution in [3.05, 3.63) is 59.1 Å². The smallest absolute Gasteiger partial charge is 0.242 e. The first-order chi connectivity index (χ1) is 15.0. The van der Waals surface area contributed by atoms with Gasteiger partial charge in [-0.05, 0) is 49.1 Å². The molecule has 0 bridgehead atoms. The molecule has 0 aliphatic carbocycles. The van der Waals surface area contributed by atoms with Gasteiger partial charge >= 0.3 is 0 Å². The van der Waals surface area contributed by atoms with Crippen LogP contribution in [0, 0.1) is 0 Å². The van der Waals surface area contributed by atoms with Crippen molar-refractivity contribution in [2.75, 3.05) is 17.6 Å². The van der Waals surface area contributed by atoms with Crippen LogP contribution in [0.2, 0.25) is 0 Å². The third kappa shape index (κ3) is 5.14. The summed E-state index contributed by atoms with van der Waals surface area (Å²) in [5.41, 5.74) is 2.80. The number of sulfonamides is 1. The van der Waals surface area contributed by atoms with Gasteiger partial charge in [-0.1, -0.05) is 37.6 Å². The number of nitrogens with one attached hydrogen (secondary N) is 1. The number of unbranched alkanes of at least 4 members (excludes halogenated alkanes) is 1. The van der Waals surface area contributed by atoms with E-state index in [2.05, 4.69) is 16.4 Å². The topological polar surface area (TPSA) is 79.4 Å². The highest BCUT2D eigenvalue weighted by Gasteiger charge is 2.38. The lowest BCUT2D eigenvalue weighted by atomic mass is 10.1. The lowest BCUT2D eigenvalue weighted by molar-refractivity contribution is -0.119. The Morgan fingerprint density at radius 1 is 1.19 bits per heavy atom. The zero-order valence-electron chi connectivity index (χ0n) is 17.6. The Balaban J connectivity index is 1.39. The molecule has 4 rings (SSSR count). The van der Waals surface area contributed by atoms with Gasteiger partial charge in [0, 0.05) is 18.7 Å². The molecule has 1 amide bonds. The Morgan fingerprint density at radius 3 is 2.71 bits per heavy atom. The van der Waals surface area contributed by atoms with E-state index < -0.39 is 16.1 Å². The number of carbonyl (C=O) groups excluding carboxylic acids is 1. The monoisotopic (exact) mass is 457 g/mol. The van der Waals surface area contributed by atoms with Crippen LogP contribution in [0.25, 0.3) is 10.2 Å². The normalized spacial score (nSPS) is 17.3. The largest absolute Gasteiger partial charge is 0.325 e. The minimum absolute atomic E-state index is 0.105. The molecule has 1 unspecified atom stereocenters.